The fourth-order valence-electron chi connectivity index (χ4n) is 3.26. The zero-order valence-electron chi connectivity index (χ0n) is 20.6. The predicted octanol–water partition coefficient (Wildman–Crippen LogP) is 5.23. The highest BCUT2D eigenvalue weighted by Gasteiger charge is 2.59. The van der Waals surface area contributed by atoms with E-state index < -0.39 is 55.0 Å². The predicted molar refractivity (Wildman–Crippen MR) is 130 cm³/mol. The van der Waals surface area contributed by atoms with E-state index in [1.807, 2.05) is 41.5 Å². The van der Waals surface area contributed by atoms with Gasteiger partial charge in [0.05, 0.1) is 12.1 Å². The van der Waals surface area contributed by atoms with Crippen LogP contribution in [0, 0.1) is 22.7 Å². The standard InChI is InChI=1S/C24H36N2O4S2/c1-9-11-17(27)19(29)13-23(15-25,31-21(3,4)5)24(16-26,32-22(6,7)8)14-20(30)18(28)12-10-2/h9-14H2,1-8H3. The van der Waals surface area contributed by atoms with Gasteiger partial charge in [-0.2, -0.15) is 10.5 Å². The maximum absolute atomic E-state index is 12.9. The highest BCUT2D eigenvalue weighted by atomic mass is 32.2. The van der Waals surface area contributed by atoms with E-state index in [9.17, 15) is 29.7 Å². The third-order valence-electron chi connectivity index (χ3n) is 4.37. The van der Waals surface area contributed by atoms with Gasteiger partial charge in [-0.25, -0.2) is 0 Å². The van der Waals surface area contributed by atoms with E-state index in [1.165, 1.54) is 0 Å². The van der Waals surface area contributed by atoms with Gasteiger partial charge in [-0.05, 0) is 12.8 Å². The number of carbonyl (C=O) groups is 4. The number of thioether (sulfide) groups is 2. The van der Waals surface area contributed by atoms with E-state index in [0.29, 0.717) is 12.8 Å². The molecule has 2 unspecified atom stereocenters. The number of rotatable bonds is 13. The molecule has 0 saturated carbocycles. The lowest BCUT2D eigenvalue weighted by Gasteiger charge is -2.45. The maximum Gasteiger partial charge on any atom is 0.200 e. The minimum Gasteiger partial charge on any atom is -0.291 e. The van der Waals surface area contributed by atoms with Gasteiger partial charge in [-0.15, -0.1) is 23.5 Å². The topological polar surface area (TPSA) is 116 Å². The van der Waals surface area contributed by atoms with Crippen LogP contribution in [0.5, 0.6) is 0 Å². The molecule has 0 aliphatic carbocycles. The van der Waals surface area contributed by atoms with Crippen LogP contribution in [0.15, 0.2) is 0 Å². The number of hydrogen-bond acceptors (Lipinski definition) is 8. The molecule has 178 valence electrons. The molecule has 0 aliphatic rings. The fourth-order valence-corrected chi connectivity index (χ4v) is 6.66. The van der Waals surface area contributed by atoms with Gasteiger partial charge < -0.3 is 0 Å². The minimum absolute atomic E-state index is 0.0560. The summed E-state index contributed by atoms with van der Waals surface area (Å²) in [6.45, 7) is 14.6. The molecule has 0 spiro atoms. The van der Waals surface area contributed by atoms with E-state index in [0.717, 1.165) is 23.5 Å². The molecule has 0 heterocycles. The summed E-state index contributed by atoms with van der Waals surface area (Å²) in [6.07, 6.45) is 0.106. The van der Waals surface area contributed by atoms with Crippen molar-refractivity contribution in [1.29, 1.82) is 10.5 Å². The highest BCUT2D eigenvalue weighted by Crippen LogP contribution is 2.56. The Labute approximate surface area is 201 Å². The number of nitriles is 2. The van der Waals surface area contributed by atoms with Gasteiger partial charge in [0.2, 0.25) is 11.6 Å². The Balaban J connectivity index is 6.86. The minimum atomic E-state index is -1.71. The molecule has 0 aromatic heterocycles. The van der Waals surface area contributed by atoms with Crippen molar-refractivity contribution in [2.75, 3.05) is 0 Å². The first-order chi connectivity index (χ1) is 14.5. The molecule has 0 aliphatic heterocycles. The zero-order chi connectivity index (χ0) is 25.4. The lowest BCUT2D eigenvalue weighted by atomic mass is 9.82. The quantitative estimate of drug-likeness (QED) is 0.329. The summed E-state index contributed by atoms with van der Waals surface area (Å²) in [5.41, 5.74) is 0. The first-order valence-electron chi connectivity index (χ1n) is 10.9. The summed E-state index contributed by atoms with van der Waals surface area (Å²) in [5, 5.41) is 20.8. The van der Waals surface area contributed by atoms with Crippen LogP contribution in [-0.4, -0.2) is 42.1 Å². The lowest BCUT2D eigenvalue weighted by Crippen LogP contribution is -2.54. The van der Waals surface area contributed by atoms with Gasteiger partial charge in [0.1, 0.15) is 9.49 Å². The Bertz CT molecular complexity index is 744. The summed E-state index contributed by atoms with van der Waals surface area (Å²) >= 11 is 2.22. The van der Waals surface area contributed by atoms with E-state index in [1.54, 1.807) is 13.8 Å². The zero-order valence-corrected chi connectivity index (χ0v) is 22.2. The highest BCUT2D eigenvalue weighted by molar-refractivity contribution is 8.06. The summed E-state index contributed by atoms with van der Waals surface area (Å²) in [4.78, 5) is 50.4. The van der Waals surface area contributed by atoms with E-state index in [2.05, 4.69) is 12.1 Å². The van der Waals surface area contributed by atoms with Crippen molar-refractivity contribution in [2.24, 2.45) is 0 Å². The van der Waals surface area contributed by atoms with Gasteiger partial charge >= 0.3 is 0 Å². The van der Waals surface area contributed by atoms with Crippen LogP contribution in [0.3, 0.4) is 0 Å². The molecule has 2 atom stereocenters. The fraction of sp³-hybridized carbons (Fsp3) is 0.750. The summed E-state index contributed by atoms with van der Waals surface area (Å²) in [6, 6.07) is 4.35. The second-order valence-corrected chi connectivity index (χ2v) is 14.1. The molecule has 32 heavy (non-hydrogen) atoms. The largest absolute Gasteiger partial charge is 0.291 e. The molecule has 0 fully saturated rings. The third-order valence-corrected chi connectivity index (χ3v) is 7.59. The molecule has 0 aromatic rings. The molecule has 6 nitrogen and oxygen atoms in total. The van der Waals surface area contributed by atoms with E-state index in [4.69, 9.17) is 0 Å². The van der Waals surface area contributed by atoms with Crippen molar-refractivity contribution in [2.45, 2.75) is 113 Å². The SMILES string of the molecule is CCCC(=O)C(=O)CC(C#N)(SC(C)(C)C)C(C#N)(CC(=O)C(=O)CCC)SC(C)(C)C. The molecular weight excluding hydrogens is 444 g/mol. The van der Waals surface area contributed by atoms with Crippen molar-refractivity contribution in [1.82, 2.24) is 0 Å². The number of ketones is 4. The van der Waals surface area contributed by atoms with Crippen LogP contribution in [0.1, 0.15) is 93.9 Å². The molecule has 8 heteroatoms. The molecule has 0 amide bonds. The molecule has 0 aromatic carbocycles. The van der Waals surface area contributed by atoms with E-state index >= 15 is 0 Å². The van der Waals surface area contributed by atoms with Crippen molar-refractivity contribution in [3.05, 3.63) is 0 Å². The van der Waals surface area contributed by atoms with Crippen LogP contribution in [0.2, 0.25) is 0 Å². The van der Waals surface area contributed by atoms with Gasteiger partial charge in [-0.1, -0.05) is 55.4 Å². The Morgan fingerprint density at radius 1 is 0.625 bits per heavy atom. The average Bonchev–Trinajstić information content (AvgIpc) is 2.64. The molecule has 0 radical (unpaired) electrons. The lowest BCUT2D eigenvalue weighted by molar-refractivity contribution is -0.137. The van der Waals surface area contributed by atoms with Gasteiger partial charge in [0, 0.05) is 35.2 Å². The van der Waals surface area contributed by atoms with Crippen molar-refractivity contribution in [3.8, 4) is 12.1 Å². The van der Waals surface area contributed by atoms with Gasteiger partial charge in [0.15, 0.2) is 11.6 Å². The molecule has 0 saturated heterocycles. The van der Waals surface area contributed by atoms with Crippen molar-refractivity contribution < 1.29 is 19.2 Å². The average molecular weight is 481 g/mol. The normalized spacial score (nSPS) is 15.6. The van der Waals surface area contributed by atoms with Crippen molar-refractivity contribution in [3.63, 3.8) is 0 Å². The summed E-state index contributed by atoms with van der Waals surface area (Å²) in [7, 11) is 0. The Hall–Kier alpha value is -1.64. The summed E-state index contributed by atoms with van der Waals surface area (Å²) in [5.74, 6) is -2.65. The van der Waals surface area contributed by atoms with Crippen LogP contribution in [0.25, 0.3) is 0 Å². The first kappa shape index (κ1) is 30.4. The van der Waals surface area contributed by atoms with Crippen LogP contribution >= 0.6 is 23.5 Å². The van der Waals surface area contributed by atoms with Gasteiger partial charge in [-0.3, -0.25) is 19.2 Å². The van der Waals surface area contributed by atoms with Crippen LogP contribution in [0.4, 0.5) is 0 Å². The first-order valence-corrected chi connectivity index (χ1v) is 12.5. The maximum atomic E-state index is 12.9. The Morgan fingerprint density at radius 3 is 1.09 bits per heavy atom. The monoisotopic (exact) mass is 480 g/mol. The molecule has 0 rings (SSSR count). The Morgan fingerprint density at radius 2 is 0.906 bits per heavy atom. The van der Waals surface area contributed by atoms with Crippen LogP contribution in [-0.2, 0) is 19.2 Å². The summed E-state index contributed by atoms with van der Waals surface area (Å²) < 4.78 is -4.55. The second kappa shape index (κ2) is 12.0. The third kappa shape index (κ3) is 8.71. The number of hydrogen-bond donors (Lipinski definition) is 0. The smallest absolute Gasteiger partial charge is 0.200 e. The second-order valence-electron chi connectivity index (χ2n) is 9.85. The van der Waals surface area contributed by atoms with Crippen LogP contribution < -0.4 is 0 Å². The number of nitrogens with zero attached hydrogens (tertiary/aromatic N) is 2. The van der Waals surface area contributed by atoms with Crippen molar-refractivity contribution >= 4 is 46.7 Å². The number of Topliss-reactive ketones (excluding diaryl/α,β-unsaturated/α-hetero) is 4. The van der Waals surface area contributed by atoms with E-state index in [-0.39, 0.29) is 12.8 Å². The van der Waals surface area contributed by atoms with Gasteiger partial charge in [0.25, 0.3) is 0 Å². The molecule has 0 N–H and O–H groups in total. The Kier molecular flexibility index (Phi) is 11.4. The molecule has 0 bridgehead atoms. The molecular formula is C24H36N2O4S2. The number of carbonyl (C=O) groups excluding carboxylic acids is 4.